The number of carbonyl (C=O) groups is 2. The van der Waals surface area contributed by atoms with Crippen molar-refractivity contribution in [3.05, 3.63) is 40.7 Å². The molecule has 1 aromatic carbocycles. The van der Waals surface area contributed by atoms with Gasteiger partial charge in [-0.05, 0) is 62.6 Å². The Morgan fingerprint density at radius 3 is 2.64 bits per heavy atom. The van der Waals surface area contributed by atoms with Crippen LogP contribution >= 0.6 is 0 Å². The second kappa shape index (κ2) is 9.27. The van der Waals surface area contributed by atoms with E-state index in [4.69, 9.17) is 21.3 Å². The molecule has 1 heterocycles. The van der Waals surface area contributed by atoms with Gasteiger partial charge in [-0.2, -0.15) is 5.10 Å². The summed E-state index contributed by atoms with van der Waals surface area (Å²) in [5.41, 5.74) is 15.5. The van der Waals surface area contributed by atoms with Crippen molar-refractivity contribution in [3.63, 3.8) is 0 Å². The first-order chi connectivity index (χ1) is 15.7. The third kappa shape index (κ3) is 4.96. The molecule has 0 radical (unpaired) electrons. The minimum Gasteiger partial charge on any atom is -0.382 e. The van der Waals surface area contributed by atoms with Crippen LogP contribution in [0.4, 0.5) is 5.69 Å². The van der Waals surface area contributed by atoms with Crippen LogP contribution in [0.2, 0.25) is 0 Å². The first-order valence-corrected chi connectivity index (χ1v) is 11.8. The molecule has 178 valence electrons. The molecule has 0 aliphatic heterocycles. The van der Waals surface area contributed by atoms with Crippen molar-refractivity contribution in [1.29, 1.82) is 0 Å². The molecule has 1 saturated carbocycles. The zero-order valence-corrected chi connectivity index (χ0v) is 19.8. The number of fused-ring (bicyclic) bond motifs is 1. The van der Waals surface area contributed by atoms with Gasteiger partial charge < -0.3 is 21.5 Å². The van der Waals surface area contributed by atoms with Crippen molar-refractivity contribution in [3.8, 4) is 5.69 Å². The lowest BCUT2D eigenvalue weighted by atomic mass is 9.75. The summed E-state index contributed by atoms with van der Waals surface area (Å²) in [5, 5.41) is 8.24. The van der Waals surface area contributed by atoms with Crippen LogP contribution in [0.25, 0.3) is 5.69 Å². The lowest BCUT2D eigenvalue weighted by Gasteiger charge is -2.30. The monoisotopic (exact) mass is 453 g/mol. The van der Waals surface area contributed by atoms with E-state index in [9.17, 15) is 9.59 Å². The number of nitrogens with two attached hydrogens (primary N) is 2. The largest absolute Gasteiger partial charge is 0.382 e. The summed E-state index contributed by atoms with van der Waals surface area (Å²) >= 11 is 0. The maximum absolute atomic E-state index is 12.8. The fourth-order valence-electron chi connectivity index (χ4n) is 5.18. The Labute approximate surface area is 195 Å². The van der Waals surface area contributed by atoms with Crippen molar-refractivity contribution in [2.24, 2.45) is 16.9 Å². The Morgan fingerprint density at radius 1 is 1.24 bits per heavy atom. The smallest absolute Gasteiger partial charge is 0.250 e. The molecule has 5 N–H and O–H groups in total. The molecule has 0 saturated heterocycles. The zero-order valence-electron chi connectivity index (χ0n) is 19.8. The Balaban J connectivity index is 1.62. The molecule has 0 bridgehead atoms. The molecule has 0 spiro atoms. The summed E-state index contributed by atoms with van der Waals surface area (Å²) < 4.78 is 7.64. The maximum Gasteiger partial charge on any atom is 0.250 e. The number of amides is 1. The summed E-state index contributed by atoms with van der Waals surface area (Å²) in [7, 11) is 0. The van der Waals surface area contributed by atoms with Crippen LogP contribution in [0.1, 0.15) is 78.1 Å². The predicted molar refractivity (Wildman–Crippen MR) is 128 cm³/mol. The van der Waals surface area contributed by atoms with Crippen molar-refractivity contribution in [1.82, 2.24) is 9.78 Å². The number of aromatic nitrogens is 2. The van der Waals surface area contributed by atoms with Crippen LogP contribution in [0.15, 0.2) is 18.2 Å². The van der Waals surface area contributed by atoms with E-state index in [-0.39, 0.29) is 23.3 Å². The molecule has 2 aliphatic carbocycles. The average Bonchev–Trinajstić information content (AvgIpc) is 3.08. The second-order valence-corrected chi connectivity index (χ2v) is 10.1. The van der Waals surface area contributed by atoms with Crippen LogP contribution in [-0.4, -0.2) is 46.8 Å². The molecule has 1 amide bonds. The molecule has 8 heteroatoms. The van der Waals surface area contributed by atoms with Crippen LogP contribution < -0.4 is 16.8 Å². The normalized spacial score (nSPS) is 22.1. The molecule has 0 unspecified atom stereocenters. The number of nitrogens with zero attached hydrogens (tertiary/aromatic N) is 2. The molecule has 1 fully saturated rings. The first kappa shape index (κ1) is 23.4. The number of primary amides is 1. The third-order valence-electron chi connectivity index (χ3n) is 6.74. The van der Waals surface area contributed by atoms with Crippen LogP contribution in [-0.2, 0) is 11.2 Å². The number of ether oxygens (including phenoxy) is 1. The number of ketones is 1. The van der Waals surface area contributed by atoms with Crippen LogP contribution in [0, 0.1) is 12.3 Å². The van der Waals surface area contributed by atoms with Gasteiger partial charge in [-0.3, -0.25) is 9.59 Å². The van der Waals surface area contributed by atoms with Crippen molar-refractivity contribution < 1.29 is 14.3 Å². The fraction of sp³-hybridized carbons (Fsp3) is 0.560. The SMILES string of the molecule is Cc1nn(-c2ccc(C(N)=O)c(N[C@H]3CC[C@H](OCCN)CC3)c2)c2c1C(=O)CC(C)(C)C2. The summed E-state index contributed by atoms with van der Waals surface area (Å²) in [6.45, 7) is 7.22. The number of Topliss-reactive ketones (excluding diaryl/α,β-unsaturated/α-hetero) is 1. The fourth-order valence-corrected chi connectivity index (χ4v) is 5.18. The van der Waals surface area contributed by atoms with Gasteiger partial charge in [-0.15, -0.1) is 0 Å². The van der Waals surface area contributed by atoms with Crippen LogP contribution in [0.3, 0.4) is 0 Å². The van der Waals surface area contributed by atoms with Gasteiger partial charge in [0.15, 0.2) is 5.78 Å². The van der Waals surface area contributed by atoms with Crippen molar-refractivity contribution in [2.45, 2.75) is 71.4 Å². The first-order valence-electron chi connectivity index (χ1n) is 11.8. The summed E-state index contributed by atoms with van der Waals surface area (Å²) in [6, 6.07) is 5.75. The summed E-state index contributed by atoms with van der Waals surface area (Å²) in [6.07, 6.45) is 5.32. The van der Waals surface area contributed by atoms with E-state index >= 15 is 0 Å². The van der Waals surface area contributed by atoms with Gasteiger partial charge in [0, 0.05) is 24.7 Å². The number of aryl methyl sites for hydroxylation is 1. The number of carbonyl (C=O) groups excluding carboxylic acids is 2. The van der Waals surface area contributed by atoms with Gasteiger partial charge in [0.05, 0.1) is 40.9 Å². The Morgan fingerprint density at radius 2 is 1.97 bits per heavy atom. The topological polar surface area (TPSA) is 125 Å². The number of hydrogen-bond donors (Lipinski definition) is 3. The third-order valence-corrected chi connectivity index (χ3v) is 6.74. The van der Waals surface area contributed by atoms with Gasteiger partial charge >= 0.3 is 0 Å². The molecule has 2 aliphatic rings. The highest BCUT2D eigenvalue weighted by molar-refractivity contribution is 6.00. The van der Waals surface area contributed by atoms with Gasteiger partial charge in [0.25, 0.3) is 5.91 Å². The Hall–Kier alpha value is -2.71. The minimum absolute atomic E-state index is 0.118. The van der Waals surface area contributed by atoms with Gasteiger partial charge in [0.2, 0.25) is 0 Å². The molecule has 4 rings (SSSR count). The van der Waals surface area contributed by atoms with E-state index < -0.39 is 5.91 Å². The number of hydrogen-bond acceptors (Lipinski definition) is 6. The quantitative estimate of drug-likeness (QED) is 0.591. The number of anilines is 1. The number of benzene rings is 1. The van der Waals surface area contributed by atoms with Crippen molar-refractivity contribution in [2.75, 3.05) is 18.5 Å². The van der Waals surface area contributed by atoms with E-state index in [1.807, 2.05) is 23.7 Å². The highest BCUT2D eigenvalue weighted by Gasteiger charge is 2.36. The average molecular weight is 454 g/mol. The summed E-state index contributed by atoms with van der Waals surface area (Å²) in [5.74, 6) is -0.329. The Kier molecular flexibility index (Phi) is 6.59. The highest BCUT2D eigenvalue weighted by Crippen LogP contribution is 2.37. The lowest BCUT2D eigenvalue weighted by Crippen LogP contribution is -2.31. The predicted octanol–water partition coefficient (Wildman–Crippen LogP) is 3.13. The van der Waals surface area contributed by atoms with Gasteiger partial charge in [-0.25, -0.2) is 4.68 Å². The molecule has 2 aromatic rings. The molecule has 8 nitrogen and oxygen atoms in total. The molecule has 33 heavy (non-hydrogen) atoms. The highest BCUT2D eigenvalue weighted by atomic mass is 16.5. The summed E-state index contributed by atoms with van der Waals surface area (Å²) in [4.78, 5) is 24.9. The standard InChI is InChI=1S/C25H35N5O3/c1-15-23-21(13-25(2,3)14-22(23)31)30(29-15)17-6-9-19(24(27)32)20(12-17)28-16-4-7-18(8-5-16)33-11-10-26/h6,9,12,16,18,28H,4-5,7-8,10-11,13-14,26H2,1-3H3,(H2,27,32)/t16-,18-. The Bertz CT molecular complexity index is 1050. The van der Waals surface area contributed by atoms with Crippen LogP contribution in [0.5, 0.6) is 0 Å². The van der Waals surface area contributed by atoms with Gasteiger partial charge in [0.1, 0.15) is 0 Å². The van der Waals surface area contributed by atoms with E-state index in [1.54, 1.807) is 6.07 Å². The maximum atomic E-state index is 12.8. The van der Waals surface area contributed by atoms with E-state index in [1.165, 1.54) is 0 Å². The van der Waals surface area contributed by atoms with E-state index in [0.29, 0.717) is 30.8 Å². The molecule has 0 atom stereocenters. The van der Waals surface area contributed by atoms with Gasteiger partial charge in [-0.1, -0.05) is 13.8 Å². The molecular weight excluding hydrogens is 418 g/mol. The number of nitrogens with one attached hydrogen (secondary N) is 1. The van der Waals surface area contributed by atoms with Crippen molar-refractivity contribution >= 4 is 17.4 Å². The minimum atomic E-state index is -0.473. The molecule has 1 aromatic heterocycles. The van der Waals surface area contributed by atoms with E-state index in [0.717, 1.165) is 54.7 Å². The zero-order chi connectivity index (χ0) is 23.8. The lowest BCUT2D eigenvalue weighted by molar-refractivity contribution is 0.0312. The second-order valence-electron chi connectivity index (χ2n) is 10.1. The molecular formula is C25H35N5O3. The van der Waals surface area contributed by atoms with E-state index in [2.05, 4.69) is 19.2 Å². The number of rotatable bonds is 7.